The number of rotatable bonds is 8. The predicted octanol–water partition coefficient (Wildman–Crippen LogP) is 4.82. The van der Waals surface area contributed by atoms with Crippen LogP contribution in [-0.4, -0.2) is 25.6 Å². The molecule has 0 saturated heterocycles. The highest BCUT2D eigenvalue weighted by molar-refractivity contribution is 6.30. The number of hydrogen-bond acceptors (Lipinski definition) is 4. The van der Waals surface area contributed by atoms with Gasteiger partial charge in [-0.3, -0.25) is 4.79 Å². The minimum Gasteiger partial charge on any atom is -0.497 e. The fraction of sp³-hybridized carbons (Fsp3) is 0.125. The number of halogens is 1. The summed E-state index contributed by atoms with van der Waals surface area (Å²) in [5.74, 6) is 3.06. The van der Waals surface area contributed by atoms with Gasteiger partial charge in [0.15, 0.2) is 0 Å². The van der Waals surface area contributed by atoms with Gasteiger partial charge in [-0.15, -0.1) is 0 Å². The highest BCUT2D eigenvalue weighted by atomic mass is 35.5. The van der Waals surface area contributed by atoms with Crippen LogP contribution in [0.3, 0.4) is 0 Å². The molecule has 0 aliphatic heterocycles. The fourth-order valence-electron chi connectivity index (χ4n) is 2.79. The van der Waals surface area contributed by atoms with E-state index in [-0.39, 0.29) is 18.9 Å². The zero-order chi connectivity index (χ0) is 21.3. The Morgan fingerprint density at radius 1 is 1.00 bits per heavy atom. The Hall–Kier alpha value is -3.53. The number of amides is 1. The molecule has 152 valence electrons. The first kappa shape index (κ1) is 21.2. The molecule has 0 heterocycles. The summed E-state index contributed by atoms with van der Waals surface area (Å²) in [6.45, 7) is 0.0797. The van der Waals surface area contributed by atoms with Gasteiger partial charge < -0.3 is 14.8 Å². The van der Waals surface area contributed by atoms with Crippen molar-refractivity contribution in [3.05, 3.63) is 88.9 Å². The number of hydrogen-bond donors (Lipinski definition) is 1. The zero-order valence-corrected chi connectivity index (χ0v) is 17.1. The maximum Gasteiger partial charge on any atom is 0.228 e. The Bertz CT molecular complexity index is 1060. The van der Waals surface area contributed by atoms with Gasteiger partial charge in [0.05, 0.1) is 19.1 Å². The Labute approximate surface area is 179 Å². The van der Waals surface area contributed by atoms with Gasteiger partial charge in [-0.05, 0) is 59.7 Å². The first-order chi connectivity index (χ1) is 14.6. The van der Waals surface area contributed by atoms with E-state index in [0.717, 1.165) is 11.1 Å². The first-order valence-corrected chi connectivity index (χ1v) is 9.61. The topological polar surface area (TPSA) is 64.6 Å². The molecule has 6 heteroatoms. The van der Waals surface area contributed by atoms with Crippen LogP contribution in [-0.2, 0) is 16.0 Å². The molecule has 0 bridgehead atoms. The van der Waals surface area contributed by atoms with Crippen molar-refractivity contribution in [2.75, 3.05) is 19.0 Å². The van der Waals surface area contributed by atoms with Crippen LogP contribution in [0.15, 0.2) is 72.8 Å². The van der Waals surface area contributed by atoms with Gasteiger partial charge in [0, 0.05) is 10.7 Å². The quantitative estimate of drug-likeness (QED) is 0.529. The molecule has 0 atom stereocenters. The van der Waals surface area contributed by atoms with E-state index in [0.29, 0.717) is 27.8 Å². The SMILES string of the molecule is COc1ccc(C(=C=O)COc2ccc(NC(=O)Cc3cccc(Cl)c3)cc2)cc1. The van der Waals surface area contributed by atoms with E-state index in [1.165, 1.54) is 0 Å². The molecule has 0 spiro atoms. The first-order valence-electron chi connectivity index (χ1n) is 9.23. The van der Waals surface area contributed by atoms with Gasteiger partial charge in [0.2, 0.25) is 5.91 Å². The highest BCUT2D eigenvalue weighted by Crippen LogP contribution is 2.20. The van der Waals surface area contributed by atoms with Gasteiger partial charge in [-0.1, -0.05) is 35.9 Å². The lowest BCUT2D eigenvalue weighted by Crippen LogP contribution is -2.14. The molecule has 0 aliphatic rings. The number of ether oxygens (including phenoxy) is 2. The monoisotopic (exact) mass is 421 g/mol. The Balaban J connectivity index is 1.54. The largest absolute Gasteiger partial charge is 0.497 e. The third-order valence-electron chi connectivity index (χ3n) is 4.34. The van der Waals surface area contributed by atoms with Crippen LogP contribution in [0.1, 0.15) is 11.1 Å². The molecule has 0 saturated carbocycles. The van der Waals surface area contributed by atoms with Gasteiger partial charge in [0.25, 0.3) is 0 Å². The molecular formula is C24H20ClNO4. The van der Waals surface area contributed by atoms with Gasteiger partial charge >= 0.3 is 0 Å². The van der Waals surface area contributed by atoms with Crippen molar-refractivity contribution < 1.29 is 19.1 Å². The summed E-state index contributed by atoms with van der Waals surface area (Å²) in [7, 11) is 1.58. The van der Waals surface area contributed by atoms with Crippen molar-refractivity contribution in [2.24, 2.45) is 0 Å². The lowest BCUT2D eigenvalue weighted by Gasteiger charge is -2.10. The van der Waals surface area contributed by atoms with Gasteiger partial charge in [-0.25, -0.2) is 4.79 Å². The minimum atomic E-state index is -0.142. The number of benzene rings is 3. The zero-order valence-electron chi connectivity index (χ0n) is 16.4. The summed E-state index contributed by atoms with van der Waals surface area (Å²) in [6, 6.07) is 21.2. The van der Waals surface area contributed by atoms with E-state index in [1.54, 1.807) is 67.8 Å². The Morgan fingerprint density at radius 3 is 2.33 bits per heavy atom. The van der Waals surface area contributed by atoms with Crippen molar-refractivity contribution in [3.8, 4) is 11.5 Å². The third kappa shape index (κ3) is 5.98. The molecular weight excluding hydrogens is 402 g/mol. The number of anilines is 1. The van der Waals surface area contributed by atoms with Crippen LogP contribution in [0, 0.1) is 0 Å². The van der Waals surface area contributed by atoms with Crippen molar-refractivity contribution in [2.45, 2.75) is 6.42 Å². The normalized spacial score (nSPS) is 10.1. The van der Waals surface area contributed by atoms with Crippen molar-refractivity contribution in [1.82, 2.24) is 0 Å². The van der Waals surface area contributed by atoms with Crippen molar-refractivity contribution in [3.63, 3.8) is 0 Å². The molecule has 1 amide bonds. The number of nitrogens with one attached hydrogen (secondary N) is 1. The van der Waals surface area contributed by atoms with Crippen LogP contribution in [0.4, 0.5) is 5.69 Å². The molecule has 1 N–H and O–H groups in total. The predicted molar refractivity (Wildman–Crippen MR) is 118 cm³/mol. The minimum absolute atomic E-state index is 0.0797. The smallest absolute Gasteiger partial charge is 0.228 e. The van der Waals surface area contributed by atoms with Crippen LogP contribution < -0.4 is 14.8 Å². The summed E-state index contributed by atoms with van der Waals surface area (Å²) < 4.78 is 10.8. The van der Waals surface area contributed by atoms with E-state index in [1.807, 2.05) is 18.1 Å². The fourth-order valence-corrected chi connectivity index (χ4v) is 3.00. The molecule has 3 aromatic carbocycles. The van der Waals surface area contributed by atoms with E-state index in [4.69, 9.17) is 21.1 Å². The van der Waals surface area contributed by atoms with Crippen LogP contribution >= 0.6 is 11.6 Å². The summed E-state index contributed by atoms with van der Waals surface area (Å²) in [4.78, 5) is 23.5. The van der Waals surface area contributed by atoms with Crippen LogP contribution in [0.2, 0.25) is 5.02 Å². The molecule has 0 aromatic heterocycles. The molecule has 30 heavy (non-hydrogen) atoms. The van der Waals surface area contributed by atoms with Crippen molar-refractivity contribution >= 4 is 34.7 Å². The lowest BCUT2D eigenvalue weighted by atomic mass is 10.1. The van der Waals surface area contributed by atoms with Gasteiger partial charge in [-0.2, -0.15) is 0 Å². The number of carbonyl (C=O) groups is 1. The maximum atomic E-state index is 12.2. The van der Waals surface area contributed by atoms with E-state index >= 15 is 0 Å². The summed E-state index contributed by atoms with van der Waals surface area (Å²) in [6.07, 6.45) is 0.230. The molecule has 5 nitrogen and oxygen atoms in total. The molecule has 3 aromatic rings. The Kier molecular flexibility index (Phi) is 7.28. The second-order valence-electron chi connectivity index (χ2n) is 6.48. The van der Waals surface area contributed by atoms with Gasteiger partial charge in [0.1, 0.15) is 24.0 Å². The molecule has 3 rings (SSSR count). The average molecular weight is 422 g/mol. The molecule has 0 unspecified atom stereocenters. The highest BCUT2D eigenvalue weighted by Gasteiger charge is 2.07. The maximum absolute atomic E-state index is 12.2. The third-order valence-corrected chi connectivity index (χ3v) is 4.57. The standard InChI is InChI=1S/C24H20ClNO4/c1-29-22-9-5-18(6-10-22)19(15-27)16-30-23-11-7-21(8-12-23)26-24(28)14-17-3-2-4-20(25)13-17/h2-13H,14,16H2,1H3,(H,26,28). The Morgan fingerprint density at radius 2 is 1.70 bits per heavy atom. The number of methoxy groups -OCH3 is 1. The second-order valence-corrected chi connectivity index (χ2v) is 6.91. The average Bonchev–Trinajstić information content (AvgIpc) is 2.75. The van der Waals surface area contributed by atoms with E-state index in [2.05, 4.69) is 5.32 Å². The second kappa shape index (κ2) is 10.3. The van der Waals surface area contributed by atoms with E-state index in [9.17, 15) is 9.59 Å². The van der Waals surface area contributed by atoms with Crippen molar-refractivity contribution in [1.29, 1.82) is 0 Å². The molecule has 0 fully saturated rings. The molecule has 0 radical (unpaired) electrons. The lowest BCUT2D eigenvalue weighted by molar-refractivity contribution is -0.115. The number of carbonyl (C=O) groups excluding carboxylic acids is 2. The van der Waals surface area contributed by atoms with Crippen LogP contribution in [0.25, 0.3) is 5.57 Å². The molecule has 0 aliphatic carbocycles. The van der Waals surface area contributed by atoms with Crippen LogP contribution in [0.5, 0.6) is 11.5 Å². The van der Waals surface area contributed by atoms with E-state index < -0.39 is 0 Å². The summed E-state index contributed by atoms with van der Waals surface area (Å²) >= 11 is 5.94. The summed E-state index contributed by atoms with van der Waals surface area (Å²) in [5.41, 5.74) is 2.61. The summed E-state index contributed by atoms with van der Waals surface area (Å²) in [5, 5.41) is 3.43.